The van der Waals surface area contributed by atoms with Crippen LogP contribution in [0, 0.1) is 0 Å². The first-order chi connectivity index (χ1) is 11.7. The summed E-state index contributed by atoms with van der Waals surface area (Å²) in [5.74, 6) is 0.480. The number of hydrogen-bond donors (Lipinski definition) is 2. The highest BCUT2D eigenvalue weighted by Gasteiger charge is 2.13. The molecule has 0 bridgehead atoms. The number of carbonyl (C=O) groups is 1. The van der Waals surface area contributed by atoms with Crippen LogP contribution >= 0.6 is 0 Å². The molecule has 8 nitrogen and oxygen atoms in total. The fourth-order valence-corrected chi connectivity index (χ4v) is 1.88. The van der Waals surface area contributed by atoms with Crippen LogP contribution in [0.3, 0.4) is 0 Å². The monoisotopic (exact) mass is 327 g/mol. The number of H-pyrrole nitrogens is 1. The summed E-state index contributed by atoms with van der Waals surface area (Å²) >= 11 is 0. The lowest BCUT2D eigenvalue weighted by Gasteiger charge is -2.03. The number of carbonyl (C=O) groups excluding carboxylic acids is 1. The summed E-state index contributed by atoms with van der Waals surface area (Å²) in [7, 11) is 1.55. The topological polar surface area (TPSA) is 110 Å². The van der Waals surface area contributed by atoms with Crippen LogP contribution in [0.25, 0.3) is 5.76 Å². The summed E-state index contributed by atoms with van der Waals surface area (Å²) in [4.78, 5) is 15.8. The van der Waals surface area contributed by atoms with E-state index >= 15 is 0 Å². The van der Waals surface area contributed by atoms with Gasteiger partial charge in [-0.05, 0) is 12.1 Å². The van der Waals surface area contributed by atoms with E-state index in [4.69, 9.17) is 13.9 Å². The normalized spacial score (nSPS) is 11.3. The van der Waals surface area contributed by atoms with Gasteiger partial charge in [-0.1, -0.05) is 6.07 Å². The van der Waals surface area contributed by atoms with Gasteiger partial charge in [-0.2, -0.15) is 5.10 Å². The number of hydrogen-bond acceptors (Lipinski definition) is 7. The molecule has 0 aliphatic rings. The molecule has 1 aromatic carbocycles. The highest BCUT2D eigenvalue weighted by Crippen LogP contribution is 2.27. The molecule has 0 saturated carbocycles. The van der Waals surface area contributed by atoms with Crippen molar-refractivity contribution in [1.29, 1.82) is 0 Å². The first-order valence-corrected chi connectivity index (χ1v) is 6.87. The Bertz CT molecular complexity index is 867. The van der Waals surface area contributed by atoms with Gasteiger partial charge >= 0.3 is 0 Å². The molecule has 0 aliphatic carbocycles. The number of nitrogens with zero attached hydrogens (tertiary/aromatic N) is 2. The molecule has 0 radical (unpaired) electrons. The lowest BCUT2D eigenvalue weighted by Crippen LogP contribution is -1.95. The van der Waals surface area contributed by atoms with E-state index in [9.17, 15) is 9.90 Å². The van der Waals surface area contributed by atoms with Crippen LogP contribution < -0.4 is 9.47 Å². The lowest BCUT2D eigenvalue weighted by atomic mass is 10.2. The van der Waals surface area contributed by atoms with Gasteiger partial charge < -0.3 is 19.0 Å². The number of rotatable bonds is 6. The van der Waals surface area contributed by atoms with Crippen LogP contribution in [-0.4, -0.2) is 33.2 Å². The number of methoxy groups -OCH3 is 1. The standard InChI is InChI=1S/C16H13N3O5/c1-22-11-3-2-4-12(6-11)24-15-5-10(8-23-15)13(20)7-14(21)16-17-9-18-19-16/h2-9,21H,1H3,(H,17,18,19). The molecule has 2 heterocycles. The van der Waals surface area contributed by atoms with Gasteiger partial charge in [0.25, 0.3) is 5.95 Å². The molecule has 3 rings (SSSR count). The minimum Gasteiger partial charge on any atom is -0.504 e. The molecular weight excluding hydrogens is 314 g/mol. The van der Waals surface area contributed by atoms with Crippen molar-refractivity contribution >= 4 is 11.5 Å². The summed E-state index contributed by atoms with van der Waals surface area (Å²) in [5.41, 5.74) is 0.218. The molecule has 3 aromatic rings. The van der Waals surface area contributed by atoms with E-state index in [2.05, 4.69) is 15.2 Å². The van der Waals surface area contributed by atoms with Crippen molar-refractivity contribution in [3.05, 3.63) is 60.4 Å². The predicted molar refractivity (Wildman–Crippen MR) is 83.1 cm³/mol. The second kappa shape index (κ2) is 6.69. The average Bonchev–Trinajstić information content (AvgIpc) is 3.26. The van der Waals surface area contributed by atoms with Crippen LogP contribution in [0.2, 0.25) is 0 Å². The van der Waals surface area contributed by atoms with E-state index in [1.807, 2.05) is 0 Å². The Balaban J connectivity index is 1.73. The molecule has 2 N–H and O–H groups in total. The van der Waals surface area contributed by atoms with Gasteiger partial charge in [0.2, 0.25) is 5.82 Å². The Labute approximate surface area is 136 Å². The molecule has 0 unspecified atom stereocenters. The number of ketones is 1. The van der Waals surface area contributed by atoms with Gasteiger partial charge in [0.05, 0.1) is 12.7 Å². The number of aromatic amines is 1. The van der Waals surface area contributed by atoms with E-state index in [0.29, 0.717) is 11.5 Å². The SMILES string of the molecule is COc1cccc(Oc2cc(C(=O)C=C(O)c3nc[nH]n3)co2)c1. The third-order valence-electron chi connectivity index (χ3n) is 3.03. The van der Waals surface area contributed by atoms with Crippen molar-refractivity contribution in [2.24, 2.45) is 0 Å². The summed E-state index contributed by atoms with van der Waals surface area (Å²) in [6, 6.07) is 8.37. The van der Waals surface area contributed by atoms with Crippen molar-refractivity contribution in [3.63, 3.8) is 0 Å². The molecule has 24 heavy (non-hydrogen) atoms. The molecule has 8 heteroatoms. The molecule has 0 amide bonds. The number of furan rings is 1. The highest BCUT2D eigenvalue weighted by atomic mass is 16.6. The molecule has 0 saturated heterocycles. The third-order valence-corrected chi connectivity index (χ3v) is 3.03. The van der Waals surface area contributed by atoms with E-state index in [0.717, 1.165) is 6.08 Å². The summed E-state index contributed by atoms with van der Waals surface area (Å²) in [6.45, 7) is 0. The molecule has 0 aliphatic heterocycles. The molecule has 0 spiro atoms. The van der Waals surface area contributed by atoms with Gasteiger partial charge in [-0.25, -0.2) is 4.98 Å². The Hall–Kier alpha value is -3.55. The maximum atomic E-state index is 12.1. The minimum atomic E-state index is -0.471. The Morgan fingerprint density at radius 3 is 2.92 bits per heavy atom. The number of aliphatic hydroxyl groups is 1. The first-order valence-electron chi connectivity index (χ1n) is 6.87. The third kappa shape index (κ3) is 3.43. The quantitative estimate of drug-likeness (QED) is 0.407. The summed E-state index contributed by atoms with van der Waals surface area (Å²) in [6.07, 6.45) is 3.53. The Morgan fingerprint density at radius 1 is 1.33 bits per heavy atom. The van der Waals surface area contributed by atoms with Gasteiger partial charge in [-0.3, -0.25) is 9.89 Å². The van der Waals surface area contributed by atoms with Crippen LogP contribution in [0.5, 0.6) is 17.4 Å². The lowest BCUT2D eigenvalue weighted by molar-refractivity contribution is 0.104. The Morgan fingerprint density at radius 2 is 2.17 bits per heavy atom. The number of ether oxygens (including phenoxy) is 2. The number of aliphatic hydroxyl groups excluding tert-OH is 1. The van der Waals surface area contributed by atoms with Crippen LogP contribution in [0.15, 0.2) is 53.4 Å². The fraction of sp³-hybridized carbons (Fsp3) is 0.0625. The molecule has 0 atom stereocenters. The van der Waals surface area contributed by atoms with E-state index in [-0.39, 0.29) is 23.1 Å². The van der Waals surface area contributed by atoms with Crippen molar-refractivity contribution in [1.82, 2.24) is 15.2 Å². The average molecular weight is 327 g/mol. The highest BCUT2D eigenvalue weighted by molar-refractivity contribution is 6.07. The van der Waals surface area contributed by atoms with Crippen molar-refractivity contribution in [2.45, 2.75) is 0 Å². The van der Waals surface area contributed by atoms with Crippen molar-refractivity contribution in [3.8, 4) is 17.4 Å². The van der Waals surface area contributed by atoms with Crippen molar-refractivity contribution < 1.29 is 23.8 Å². The predicted octanol–water partition coefficient (Wildman–Crippen LogP) is 2.98. The zero-order valence-corrected chi connectivity index (χ0v) is 12.6. The number of benzene rings is 1. The van der Waals surface area contributed by atoms with E-state index in [1.54, 1.807) is 31.4 Å². The molecular formula is C16H13N3O5. The Kier molecular flexibility index (Phi) is 4.28. The number of nitrogens with one attached hydrogen (secondary N) is 1. The van der Waals surface area contributed by atoms with Gasteiger partial charge in [0, 0.05) is 18.2 Å². The summed E-state index contributed by atoms with van der Waals surface area (Å²) < 4.78 is 15.8. The van der Waals surface area contributed by atoms with Gasteiger partial charge in [-0.15, -0.1) is 0 Å². The maximum Gasteiger partial charge on any atom is 0.290 e. The van der Waals surface area contributed by atoms with Crippen LogP contribution in [-0.2, 0) is 0 Å². The molecule has 0 fully saturated rings. The molecule has 2 aromatic heterocycles. The van der Waals surface area contributed by atoms with Gasteiger partial charge in [0.15, 0.2) is 11.5 Å². The number of allylic oxidation sites excluding steroid dienone is 1. The van der Waals surface area contributed by atoms with Crippen molar-refractivity contribution in [2.75, 3.05) is 7.11 Å². The minimum absolute atomic E-state index is 0.0275. The van der Waals surface area contributed by atoms with Crippen LogP contribution in [0.1, 0.15) is 16.2 Å². The van der Waals surface area contributed by atoms with E-state index in [1.165, 1.54) is 18.7 Å². The zero-order valence-electron chi connectivity index (χ0n) is 12.6. The maximum absolute atomic E-state index is 12.1. The molecule has 122 valence electrons. The first kappa shape index (κ1) is 15.3. The smallest absolute Gasteiger partial charge is 0.290 e. The summed E-state index contributed by atoms with van der Waals surface area (Å²) in [5, 5.41) is 15.9. The number of aromatic nitrogens is 3. The largest absolute Gasteiger partial charge is 0.504 e. The zero-order chi connectivity index (χ0) is 16.9. The second-order valence-electron chi connectivity index (χ2n) is 4.65. The second-order valence-corrected chi connectivity index (χ2v) is 4.65. The fourth-order valence-electron chi connectivity index (χ4n) is 1.88. The van der Waals surface area contributed by atoms with E-state index < -0.39 is 5.78 Å². The van der Waals surface area contributed by atoms with Crippen LogP contribution in [0.4, 0.5) is 0 Å². The van der Waals surface area contributed by atoms with Gasteiger partial charge in [0.1, 0.15) is 24.1 Å².